The first-order valence-corrected chi connectivity index (χ1v) is 11.3. The average Bonchev–Trinajstić information content (AvgIpc) is 3.40. The fraction of sp³-hybridized carbons (Fsp3) is 0.250. The molecule has 7 heteroatoms. The van der Waals surface area contributed by atoms with Crippen LogP contribution < -0.4 is 4.90 Å². The molecule has 3 heterocycles. The number of imide groups is 1. The number of carbonyl (C=O) groups excluding carboxylic acids is 2. The molecule has 158 valence electrons. The third kappa shape index (κ3) is 3.44. The Morgan fingerprint density at radius 3 is 2.39 bits per heavy atom. The second kappa shape index (κ2) is 8.26. The van der Waals surface area contributed by atoms with Crippen LogP contribution in [0.25, 0.3) is 16.3 Å². The van der Waals surface area contributed by atoms with Gasteiger partial charge in [-0.15, -0.1) is 11.3 Å². The number of benzene rings is 2. The molecule has 1 fully saturated rings. The zero-order valence-corrected chi connectivity index (χ0v) is 17.8. The Labute approximate surface area is 184 Å². The summed E-state index contributed by atoms with van der Waals surface area (Å²) in [7, 11) is 0. The highest BCUT2D eigenvalue weighted by molar-refractivity contribution is 7.11. The molecule has 5 rings (SSSR count). The lowest BCUT2D eigenvalue weighted by Crippen LogP contribution is -2.48. The van der Waals surface area contributed by atoms with Gasteiger partial charge in [-0.3, -0.25) is 14.5 Å². The van der Waals surface area contributed by atoms with E-state index in [0.717, 1.165) is 28.7 Å². The van der Waals surface area contributed by atoms with Crippen LogP contribution in [0.4, 0.5) is 5.69 Å². The van der Waals surface area contributed by atoms with Gasteiger partial charge in [-0.05, 0) is 22.9 Å². The molecule has 1 saturated heterocycles. The van der Waals surface area contributed by atoms with Crippen molar-refractivity contribution in [2.45, 2.75) is 0 Å². The number of carbonyl (C=O) groups is 2. The van der Waals surface area contributed by atoms with Crippen molar-refractivity contribution >= 4 is 45.2 Å². The van der Waals surface area contributed by atoms with Crippen molar-refractivity contribution in [3.05, 3.63) is 70.6 Å². The molecule has 1 N–H and O–H groups in total. The van der Waals surface area contributed by atoms with Gasteiger partial charge in [-0.1, -0.05) is 42.5 Å². The van der Waals surface area contributed by atoms with Gasteiger partial charge in [0.15, 0.2) is 0 Å². The van der Waals surface area contributed by atoms with Crippen LogP contribution in [0, 0.1) is 0 Å². The van der Waals surface area contributed by atoms with E-state index in [4.69, 9.17) is 0 Å². The van der Waals surface area contributed by atoms with Gasteiger partial charge in [0.1, 0.15) is 5.70 Å². The summed E-state index contributed by atoms with van der Waals surface area (Å²) in [4.78, 5) is 33.8. The van der Waals surface area contributed by atoms with Crippen molar-refractivity contribution in [1.82, 2.24) is 9.80 Å². The number of β-amino-alcohol motifs (C(OH)–C–C–N with tert-alkyl or cyclic N) is 1. The minimum atomic E-state index is -0.267. The van der Waals surface area contributed by atoms with Crippen molar-refractivity contribution < 1.29 is 14.7 Å². The average molecular weight is 434 g/mol. The molecule has 0 aliphatic carbocycles. The molecule has 0 bridgehead atoms. The second-order valence-electron chi connectivity index (χ2n) is 7.70. The first-order chi connectivity index (χ1) is 15.2. The van der Waals surface area contributed by atoms with E-state index >= 15 is 0 Å². The van der Waals surface area contributed by atoms with Crippen molar-refractivity contribution in [3.8, 4) is 0 Å². The maximum absolute atomic E-state index is 13.7. The fourth-order valence-electron chi connectivity index (χ4n) is 4.41. The van der Waals surface area contributed by atoms with Crippen LogP contribution in [0.3, 0.4) is 0 Å². The first-order valence-electron chi connectivity index (χ1n) is 10.4. The Balaban J connectivity index is 1.57. The number of rotatable bonds is 5. The van der Waals surface area contributed by atoms with Crippen LogP contribution in [0.2, 0.25) is 0 Å². The van der Waals surface area contributed by atoms with Crippen LogP contribution in [0.15, 0.2) is 65.7 Å². The van der Waals surface area contributed by atoms with E-state index in [1.165, 1.54) is 16.2 Å². The highest BCUT2D eigenvalue weighted by Gasteiger charge is 2.43. The molecule has 0 spiro atoms. The lowest BCUT2D eigenvalue weighted by molar-refractivity contribution is -0.120. The number of amides is 2. The SMILES string of the molecule is O=C1C(c2cccs2)=C(N2CCN(CCO)CC2)C(=O)N1c1cccc2ccccc12. The number of aliphatic hydroxyl groups is 1. The summed E-state index contributed by atoms with van der Waals surface area (Å²) < 4.78 is 0. The molecule has 2 amide bonds. The van der Waals surface area contributed by atoms with Crippen molar-refractivity contribution in [2.24, 2.45) is 0 Å². The number of piperazine rings is 1. The van der Waals surface area contributed by atoms with Crippen LogP contribution in [-0.2, 0) is 9.59 Å². The number of hydrogen-bond acceptors (Lipinski definition) is 6. The maximum Gasteiger partial charge on any atom is 0.282 e. The number of hydrogen-bond donors (Lipinski definition) is 1. The Morgan fingerprint density at radius 1 is 0.871 bits per heavy atom. The number of anilines is 1. The zero-order valence-electron chi connectivity index (χ0n) is 17.0. The Bertz CT molecular complexity index is 1160. The standard InChI is InChI=1S/C24H23N3O3S/c28-15-14-25-10-12-26(13-11-25)22-21(20-9-4-16-31-20)23(29)27(24(22)30)19-8-3-6-17-5-1-2-7-18(17)19/h1-9,16,28H,10-15H2. The Kier molecular flexibility index (Phi) is 5.31. The number of thiophene rings is 1. The Morgan fingerprint density at radius 2 is 1.65 bits per heavy atom. The minimum Gasteiger partial charge on any atom is -0.395 e. The van der Waals surface area contributed by atoms with Gasteiger partial charge in [0, 0.05) is 43.0 Å². The summed E-state index contributed by atoms with van der Waals surface area (Å²) in [5, 5.41) is 13.0. The molecule has 1 aromatic heterocycles. The smallest absolute Gasteiger partial charge is 0.282 e. The number of aliphatic hydroxyl groups excluding tert-OH is 1. The third-order valence-corrected chi connectivity index (χ3v) is 6.83. The molecular weight excluding hydrogens is 410 g/mol. The minimum absolute atomic E-state index is 0.120. The third-order valence-electron chi connectivity index (χ3n) is 5.94. The number of nitrogens with zero attached hydrogens (tertiary/aromatic N) is 3. The van der Waals surface area contributed by atoms with Crippen molar-refractivity contribution in [1.29, 1.82) is 0 Å². The summed E-state index contributed by atoms with van der Waals surface area (Å²) in [6.45, 7) is 3.53. The van der Waals surface area contributed by atoms with Gasteiger partial charge in [0.2, 0.25) is 0 Å². The van der Waals surface area contributed by atoms with Gasteiger partial charge >= 0.3 is 0 Å². The molecule has 2 aliphatic heterocycles. The van der Waals surface area contributed by atoms with E-state index in [9.17, 15) is 14.7 Å². The molecule has 0 atom stereocenters. The molecule has 3 aromatic rings. The quantitative estimate of drug-likeness (QED) is 0.627. The molecule has 0 radical (unpaired) electrons. The van der Waals surface area contributed by atoms with Gasteiger partial charge in [0.25, 0.3) is 11.8 Å². The van der Waals surface area contributed by atoms with Gasteiger partial charge in [-0.25, -0.2) is 4.90 Å². The molecule has 2 aliphatic rings. The highest BCUT2D eigenvalue weighted by Crippen LogP contribution is 2.39. The van der Waals surface area contributed by atoms with E-state index in [0.29, 0.717) is 36.6 Å². The normalized spacial score (nSPS) is 18.0. The maximum atomic E-state index is 13.7. The summed E-state index contributed by atoms with van der Waals surface area (Å²) >= 11 is 1.48. The first kappa shape index (κ1) is 19.9. The largest absolute Gasteiger partial charge is 0.395 e. The predicted molar refractivity (Wildman–Crippen MR) is 123 cm³/mol. The summed E-state index contributed by atoms with van der Waals surface area (Å²) in [6, 6.07) is 17.3. The predicted octanol–water partition coefficient (Wildman–Crippen LogP) is 2.80. The highest BCUT2D eigenvalue weighted by atomic mass is 32.1. The van der Waals surface area contributed by atoms with Gasteiger partial charge < -0.3 is 10.0 Å². The summed E-state index contributed by atoms with van der Waals surface area (Å²) in [5.74, 6) is -0.531. The van der Waals surface area contributed by atoms with E-state index in [1.54, 1.807) is 0 Å². The van der Waals surface area contributed by atoms with Gasteiger partial charge in [-0.2, -0.15) is 0 Å². The molecule has 6 nitrogen and oxygen atoms in total. The topological polar surface area (TPSA) is 64.1 Å². The zero-order chi connectivity index (χ0) is 21.4. The summed E-state index contributed by atoms with van der Waals surface area (Å²) in [6.07, 6.45) is 0. The molecule has 0 unspecified atom stereocenters. The second-order valence-corrected chi connectivity index (χ2v) is 8.64. The van der Waals surface area contributed by atoms with Crippen molar-refractivity contribution in [2.75, 3.05) is 44.2 Å². The lowest BCUT2D eigenvalue weighted by Gasteiger charge is -2.36. The monoisotopic (exact) mass is 433 g/mol. The summed E-state index contributed by atoms with van der Waals surface area (Å²) in [5.41, 5.74) is 1.60. The molecule has 31 heavy (non-hydrogen) atoms. The number of fused-ring (bicyclic) bond motifs is 1. The van der Waals surface area contributed by atoms with Crippen LogP contribution in [0.5, 0.6) is 0 Å². The molecule has 0 saturated carbocycles. The van der Waals surface area contributed by atoms with Crippen LogP contribution in [0.1, 0.15) is 4.88 Å². The van der Waals surface area contributed by atoms with E-state index in [2.05, 4.69) is 4.90 Å². The Hall–Kier alpha value is -3.00. The lowest BCUT2D eigenvalue weighted by atomic mass is 10.1. The van der Waals surface area contributed by atoms with Gasteiger partial charge in [0.05, 0.1) is 17.9 Å². The molecular formula is C24H23N3O3S. The fourth-order valence-corrected chi connectivity index (χ4v) is 5.18. The van der Waals surface area contributed by atoms with E-state index in [1.807, 2.05) is 64.9 Å². The van der Waals surface area contributed by atoms with Crippen LogP contribution >= 0.6 is 11.3 Å². The van der Waals surface area contributed by atoms with Crippen molar-refractivity contribution in [3.63, 3.8) is 0 Å². The van der Waals surface area contributed by atoms with E-state index < -0.39 is 0 Å². The van der Waals surface area contributed by atoms with E-state index in [-0.39, 0.29) is 18.4 Å². The molecule has 2 aromatic carbocycles. The van der Waals surface area contributed by atoms with Crippen LogP contribution in [-0.4, -0.2) is 66.1 Å².